The summed E-state index contributed by atoms with van der Waals surface area (Å²) in [7, 11) is 0. The van der Waals surface area contributed by atoms with E-state index in [1.807, 2.05) is 54.8 Å². The number of hydrogen-bond acceptors (Lipinski definition) is 8. The molecule has 0 unspecified atom stereocenters. The van der Waals surface area contributed by atoms with Gasteiger partial charge in [0.1, 0.15) is 16.6 Å². The number of carbonyl (C=O) groups excluding carboxylic acids is 2. The lowest BCUT2D eigenvalue weighted by Gasteiger charge is -2.06. The summed E-state index contributed by atoms with van der Waals surface area (Å²) in [5.41, 5.74) is 3.83. The van der Waals surface area contributed by atoms with Crippen molar-refractivity contribution in [3.8, 4) is 10.7 Å². The Morgan fingerprint density at radius 2 is 1.78 bits per heavy atom. The standard InChI is InChI=1S/C23H20N4O3S2/c1-15-6-2-3-7-18(15)27-20(28)11-21-25-17(14-31-21)12-30-22(29)10-16-13-32-23(26-16)19-8-4-5-9-24-19/h2-9,13-14H,10-12H2,1H3,(H,27,28). The quantitative estimate of drug-likeness (QED) is 0.388. The summed E-state index contributed by atoms with van der Waals surface area (Å²) < 4.78 is 5.33. The van der Waals surface area contributed by atoms with Crippen LogP contribution >= 0.6 is 22.7 Å². The molecular formula is C23H20N4O3S2. The summed E-state index contributed by atoms with van der Waals surface area (Å²) >= 11 is 2.81. The number of esters is 1. The molecule has 0 atom stereocenters. The summed E-state index contributed by atoms with van der Waals surface area (Å²) in [6, 6.07) is 13.2. The van der Waals surface area contributed by atoms with Crippen LogP contribution in [0.25, 0.3) is 10.7 Å². The molecule has 0 saturated carbocycles. The van der Waals surface area contributed by atoms with E-state index < -0.39 is 0 Å². The number of nitrogens with zero attached hydrogens (tertiary/aromatic N) is 3. The van der Waals surface area contributed by atoms with Crippen molar-refractivity contribution in [1.29, 1.82) is 0 Å². The molecule has 0 aliphatic rings. The molecular weight excluding hydrogens is 444 g/mol. The fourth-order valence-electron chi connectivity index (χ4n) is 2.89. The molecule has 162 valence electrons. The molecule has 0 aliphatic carbocycles. The number of hydrogen-bond donors (Lipinski definition) is 1. The molecule has 1 N–H and O–H groups in total. The van der Waals surface area contributed by atoms with Gasteiger partial charge in [0, 0.05) is 22.6 Å². The molecule has 3 heterocycles. The van der Waals surface area contributed by atoms with Gasteiger partial charge in [0.15, 0.2) is 0 Å². The van der Waals surface area contributed by atoms with Crippen LogP contribution in [-0.2, 0) is 33.8 Å². The van der Waals surface area contributed by atoms with Gasteiger partial charge in [-0.15, -0.1) is 22.7 Å². The molecule has 0 spiro atoms. The summed E-state index contributed by atoms with van der Waals surface area (Å²) in [5.74, 6) is -0.515. The predicted octanol–water partition coefficient (Wildman–Crippen LogP) is 4.44. The van der Waals surface area contributed by atoms with Gasteiger partial charge in [0.2, 0.25) is 5.91 Å². The number of rotatable bonds is 8. The zero-order valence-electron chi connectivity index (χ0n) is 17.3. The summed E-state index contributed by atoms with van der Waals surface area (Å²) in [6.07, 6.45) is 1.96. The SMILES string of the molecule is Cc1ccccc1NC(=O)Cc1nc(COC(=O)Cc2csc(-c3ccccn3)n2)cs1. The van der Waals surface area contributed by atoms with Crippen LogP contribution in [0.15, 0.2) is 59.4 Å². The number of thiazole rings is 2. The van der Waals surface area contributed by atoms with Crippen molar-refractivity contribution < 1.29 is 14.3 Å². The molecule has 4 aromatic rings. The number of benzene rings is 1. The number of para-hydroxylation sites is 1. The van der Waals surface area contributed by atoms with Crippen molar-refractivity contribution in [2.75, 3.05) is 5.32 Å². The van der Waals surface area contributed by atoms with E-state index in [0.717, 1.165) is 22.0 Å². The van der Waals surface area contributed by atoms with Gasteiger partial charge in [-0.3, -0.25) is 14.6 Å². The van der Waals surface area contributed by atoms with Crippen LogP contribution in [0, 0.1) is 6.92 Å². The smallest absolute Gasteiger partial charge is 0.312 e. The highest BCUT2D eigenvalue weighted by Crippen LogP contribution is 2.22. The van der Waals surface area contributed by atoms with Gasteiger partial charge in [0.05, 0.1) is 29.9 Å². The Morgan fingerprint density at radius 1 is 0.969 bits per heavy atom. The van der Waals surface area contributed by atoms with E-state index >= 15 is 0 Å². The topological polar surface area (TPSA) is 94.1 Å². The van der Waals surface area contributed by atoms with Gasteiger partial charge in [-0.05, 0) is 30.7 Å². The van der Waals surface area contributed by atoms with Crippen LogP contribution in [0.5, 0.6) is 0 Å². The van der Waals surface area contributed by atoms with Crippen LogP contribution < -0.4 is 5.32 Å². The molecule has 0 saturated heterocycles. The molecule has 0 aliphatic heterocycles. The van der Waals surface area contributed by atoms with Crippen LogP contribution in [0.4, 0.5) is 5.69 Å². The number of amides is 1. The fraction of sp³-hybridized carbons (Fsp3) is 0.174. The van der Waals surface area contributed by atoms with E-state index in [0.29, 0.717) is 16.4 Å². The maximum atomic E-state index is 12.3. The lowest BCUT2D eigenvalue weighted by Crippen LogP contribution is -2.15. The first-order valence-corrected chi connectivity index (χ1v) is 11.6. The highest BCUT2D eigenvalue weighted by molar-refractivity contribution is 7.13. The molecule has 9 heteroatoms. The molecule has 3 aromatic heterocycles. The zero-order valence-corrected chi connectivity index (χ0v) is 18.9. The number of anilines is 1. The van der Waals surface area contributed by atoms with E-state index in [-0.39, 0.29) is 31.3 Å². The van der Waals surface area contributed by atoms with E-state index in [1.165, 1.54) is 22.7 Å². The van der Waals surface area contributed by atoms with Gasteiger partial charge < -0.3 is 10.1 Å². The molecule has 1 aromatic carbocycles. The monoisotopic (exact) mass is 464 g/mol. The highest BCUT2D eigenvalue weighted by Gasteiger charge is 2.13. The first-order chi connectivity index (χ1) is 15.6. The van der Waals surface area contributed by atoms with Crippen molar-refractivity contribution >= 4 is 40.2 Å². The molecule has 4 rings (SSSR count). The Labute approximate surface area is 193 Å². The Hall–Kier alpha value is -3.43. The maximum Gasteiger partial charge on any atom is 0.312 e. The van der Waals surface area contributed by atoms with Crippen LogP contribution in [0.3, 0.4) is 0 Å². The minimum Gasteiger partial charge on any atom is -0.459 e. The third-order valence-electron chi connectivity index (χ3n) is 4.47. The second kappa shape index (κ2) is 10.3. The van der Waals surface area contributed by atoms with Gasteiger partial charge in [-0.2, -0.15) is 0 Å². The number of nitrogens with one attached hydrogen (secondary N) is 1. The van der Waals surface area contributed by atoms with E-state index in [9.17, 15) is 9.59 Å². The maximum absolute atomic E-state index is 12.3. The number of ether oxygens (including phenoxy) is 1. The van der Waals surface area contributed by atoms with Crippen molar-refractivity contribution in [3.05, 3.63) is 81.4 Å². The predicted molar refractivity (Wildman–Crippen MR) is 124 cm³/mol. The van der Waals surface area contributed by atoms with Crippen LogP contribution in [0.2, 0.25) is 0 Å². The summed E-state index contributed by atoms with van der Waals surface area (Å²) in [6.45, 7) is 2.00. The Balaban J connectivity index is 1.25. The molecule has 7 nitrogen and oxygen atoms in total. The minimum absolute atomic E-state index is 0.0615. The Bertz CT molecular complexity index is 1220. The second-order valence-electron chi connectivity index (χ2n) is 6.97. The molecule has 32 heavy (non-hydrogen) atoms. The van der Waals surface area contributed by atoms with Crippen molar-refractivity contribution in [3.63, 3.8) is 0 Å². The second-order valence-corrected chi connectivity index (χ2v) is 8.77. The van der Waals surface area contributed by atoms with Gasteiger partial charge in [-0.25, -0.2) is 9.97 Å². The average Bonchev–Trinajstić information content (AvgIpc) is 3.44. The third kappa shape index (κ3) is 5.83. The first-order valence-electron chi connectivity index (χ1n) is 9.87. The number of carbonyl (C=O) groups is 2. The van der Waals surface area contributed by atoms with Crippen LogP contribution in [-0.4, -0.2) is 26.8 Å². The van der Waals surface area contributed by atoms with Gasteiger partial charge >= 0.3 is 5.97 Å². The van der Waals surface area contributed by atoms with E-state index in [4.69, 9.17) is 4.74 Å². The summed E-state index contributed by atoms with van der Waals surface area (Å²) in [4.78, 5) is 37.6. The van der Waals surface area contributed by atoms with Gasteiger partial charge in [-0.1, -0.05) is 24.3 Å². The Morgan fingerprint density at radius 3 is 2.59 bits per heavy atom. The molecule has 0 bridgehead atoms. The molecule has 1 amide bonds. The number of aryl methyl sites for hydroxylation is 1. The average molecular weight is 465 g/mol. The largest absolute Gasteiger partial charge is 0.459 e. The lowest BCUT2D eigenvalue weighted by molar-refractivity contribution is -0.144. The first kappa shape index (κ1) is 21.8. The molecule has 0 fully saturated rings. The van der Waals surface area contributed by atoms with Crippen molar-refractivity contribution in [2.45, 2.75) is 26.4 Å². The van der Waals surface area contributed by atoms with Crippen molar-refractivity contribution in [2.24, 2.45) is 0 Å². The number of pyridine rings is 1. The lowest BCUT2D eigenvalue weighted by atomic mass is 10.2. The van der Waals surface area contributed by atoms with Crippen LogP contribution in [0.1, 0.15) is 22.0 Å². The highest BCUT2D eigenvalue weighted by atomic mass is 32.1. The minimum atomic E-state index is -0.380. The van der Waals surface area contributed by atoms with Crippen molar-refractivity contribution in [1.82, 2.24) is 15.0 Å². The third-order valence-corrected chi connectivity index (χ3v) is 6.28. The zero-order chi connectivity index (χ0) is 22.3. The van der Waals surface area contributed by atoms with Gasteiger partial charge in [0.25, 0.3) is 0 Å². The summed E-state index contributed by atoms with van der Waals surface area (Å²) in [5, 5.41) is 7.95. The normalized spacial score (nSPS) is 10.7. The fourth-order valence-corrected chi connectivity index (χ4v) is 4.46. The Kier molecular flexibility index (Phi) is 6.98. The number of aromatic nitrogens is 3. The van der Waals surface area contributed by atoms with E-state index in [1.54, 1.807) is 11.6 Å². The molecule has 0 radical (unpaired) electrons. The van der Waals surface area contributed by atoms with E-state index in [2.05, 4.69) is 20.3 Å².